The fourth-order valence-corrected chi connectivity index (χ4v) is 9.67. The first kappa shape index (κ1) is 54.9. The quantitative estimate of drug-likeness (QED) is 0.0571. The van der Waals surface area contributed by atoms with E-state index in [1.54, 1.807) is 44.7 Å². The number of nitrogens with zero attached hydrogens (tertiary/aromatic N) is 10. The molecule has 6 aromatic heterocycles. The molecule has 2 saturated heterocycles. The lowest BCUT2D eigenvalue weighted by molar-refractivity contribution is -0.0266. The topological polar surface area (TPSA) is 226 Å². The van der Waals surface area contributed by atoms with Gasteiger partial charge in [0.2, 0.25) is 0 Å². The molecule has 0 bridgehead atoms. The predicted octanol–water partition coefficient (Wildman–Crippen LogP) is 9.13. The molecule has 2 fully saturated rings. The number of carbonyl (C=O) groups excluding carboxylic acids is 1. The van der Waals surface area contributed by atoms with Crippen LogP contribution in [0.2, 0.25) is 51.4 Å². The van der Waals surface area contributed by atoms with Crippen molar-refractivity contribution in [1.29, 1.82) is 0 Å². The van der Waals surface area contributed by atoms with Crippen LogP contribution in [0.5, 0.6) is 0 Å². The first-order chi connectivity index (χ1) is 35.5. The number of amides is 1. The first-order valence-corrected chi connectivity index (χ1v) is 32.7. The summed E-state index contributed by atoms with van der Waals surface area (Å²) in [6, 6.07) is 11.5. The van der Waals surface area contributed by atoms with Crippen molar-refractivity contribution in [3.8, 4) is 22.8 Å². The molecule has 0 aliphatic carbocycles. The molecule has 4 N–H and O–H groups in total. The van der Waals surface area contributed by atoms with Gasteiger partial charge < -0.3 is 44.2 Å². The van der Waals surface area contributed by atoms with Crippen LogP contribution >= 0.6 is 0 Å². The second-order valence-electron chi connectivity index (χ2n) is 22.0. The van der Waals surface area contributed by atoms with Crippen LogP contribution in [-0.4, -0.2) is 133 Å². The standard InChI is InChI=1S/C26H33FN6O3Si.C23H26FN5O4Si.C3H9N/c1-16(2)29-26(34)20-12-32(15-35-8-9-37(3,4)5)25-24(20)30-21(11-28-25)23-19-7-6-17(27)10-22(19)33(31-23)18-13-36-14-18;1-34(2,3)7-6-32-13-28-10-17(23(30)31)21-22(28)25-9-18(26-21)20-16-5-4-14(24)8-19(16)29(27-20)15-11-33-12-15;1-3(2)4/h6-7,10-12,16,18H,8-9,13-15H2,1-5H3,(H,29,34);4-5,8-10,15H,6-7,11-13H2,1-3H3,(H,30,31);3H,4H2,1-2H3. The maximum atomic E-state index is 14.1. The number of nitrogens with two attached hydrogens (primary N) is 1. The smallest absolute Gasteiger partial charge is 0.339 e. The molecule has 2 aromatic carbocycles. The highest BCUT2D eigenvalue weighted by atomic mass is 28.3. The van der Waals surface area contributed by atoms with Crippen molar-refractivity contribution >= 4 is 72.2 Å². The van der Waals surface area contributed by atoms with Gasteiger partial charge in [-0.1, -0.05) is 53.1 Å². The molecule has 8 aromatic rings. The molecule has 0 spiro atoms. The number of hydrogen-bond acceptors (Lipinski definition) is 13. The van der Waals surface area contributed by atoms with Gasteiger partial charge >= 0.3 is 5.97 Å². The van der Waals surface area contributed by atoms with Gasteiger partial charge in [0, 0.05) is 58.6 Å². The number of carbonyl (C=O) groups is 2. The fraction of sp³-hybridized carbons (Fsp3) is 0.462. The number of halogens is 2. The molecule has 0 atom stereocenters. The van der Waals surface area contributed by atoms with E-state index in [4.69, 9.17) is 34.8 Å². The third-order valence-corrected chi connectivity index (χ3v) is 15.6. The number of ether oxygens (including phenoxy) is 4. The van der Waals surface area contributed by atoms with Gasteiger partial charge in [0.25, 0.3) is 5.91 Å². The Kier molecular flexibility index (Phi) is 16.7. The van der Waals surface area contributed by atoms with Crippen LogP contribution < -0.4 is 11.1 Å². The number of carboxylic acids is 1. The summed E-state index contributed by atoms with van der Waals surface area (Å²) in [5.41, 5.74) is 10.7. The normalized spacial score (nSPS) is 14.3. The number of nitrogens with one attached hydrogen (secondary N) is 1. The van der Waals surface area contributed by atoms with Crippen LogP contribution in [-0.2, 0) is 32.4 Å². The van der Waals surface area contributed by atoms with Gasteiger partial charge in [0.1, 0.15) is 64.5 Å². The van der Waals surface area contributed by atoms with Gasteiger partial charge in [0.15, 0.2) is 11.3 Å². The Morgan fingerprint density at radius 3 is 1.51 bits per heavy atom. The van der Waals surface area contributed by atoms with Crippen LogP contribution in [0, 0.1) is 11.6 Å². The molecular formula is C52H68F2N12O7Si2. The lowest BCUT2D eigenvalue weighted by Crippen LogP contribution is -2.31. The van der Waals surface area contributed by atoms with Gasteiger partial charge in [-0.25, -0.2) is 33.5 Å². The maximum Gasteiger partial charge on any atom is 0.339 e. The Bertz CT molecular complexity index is 3330. The molecule has 0 saturated carbocycles. The maximum absolute atomic E-state index is 14.1. The molecule has 1 amide bonds. The molecule has 19 nitrogen and oxygen atoms in total. The van der Waals surface area contributed by atoms with E-state index >= 15 is 0 Å². The Labute approximate surface area is 435 Å². The summed E-state index contributed by atoms with van der Waals surface area (Å²) in [6.45, 7) is 25.2. The number of fused-ring (bicyclic) bond motifs is 4. The molecule has 2 aliphatic rings. The molecule has 8 heterocycles. The number of hydrogen-bond donors (Lipinski definition) is 3. The fourth-order valence-electron chi connectivity index (χ4n) is 8.16. The molecule has 0 radical (unpaired) electrons. The molecule has 0 unspecified atom stereocenters. The lowest BCUT2D eigenvalue weighted by atomic mass is 10.1. The summed E-state index contributed by atoms with van der Waals surface area (Å²) in [6.07, 6.45) is 6.47. The molecular weight excluding hydrogens is 999 g/mol. The third-order valence-electron chi connectivity index (χ3n) is 12.2. The molecule has 2 aliphatic heterocycles. The van der Waals surface area contributed by atoms with E-state index in [2.05, 4.69) is 64.6 Å². The van der Waals surface area contributed by atoms with Crippen molar-refractivity contribution < 1.29 is 42.4 Å². The predicted molar refractivity (Wildman–Crippen MR) is 289 cm³/mol. The van der Waals surface area contributed by atoms with Crippen LogP contribution in [0.1, 0.15) is 60.5 Å². The Morgan fingerprint density at radius 1 is 0.720 bits per heavy atom. The van der Waals surface area contributed by atoms with Crippen molar-refractivity contribution in [2.45, 2.75) is 117 Å². The molecule has 75 heavy (non-hydrogen) atoms. The summed E-state index contributed by atoms with van der Waals surface area (Å²) in [7, 11) is -2.46. The van der Waals surface area contributed by atoms with Crippen LogP contribution in [0.4, 0.5) is 8.78 Å². The SMILES string of the molecule is CC(C)N.CC(C)NC(=O)c1cn(COCC[Si](C)(C)C)c2ncc(-c3nn(C4COC4)c4cc(F)ccc34)nc12.C[Si](C)(C)CCOCn1cc(C(=O)O)c2nc(-c3nn(C4COC4)c4cc(F)ccc34)cnc21. The summed E-state index contributed by atoms with van der Waals surface area (Å²) >= 11 is 0. The molecule has 400 valence electrons. The summed E-state index contributed by atoms with van der Waals surface area (Å²) in [4.78, 5) is 43.7. The van der Waals surface area contributed by atoms with E-state index in [-0.39, 0.29) is 60.2 Å². The summed E-state index contributed by atoms with van der Waals surface area (Å²) < 4.78 is 57.5. The minimum atomic E-state index is -1.23. The minimum absolute atomic E-state index is 0.0127. The van der Waals surface area contributed by atoms with Gasteiger partial charge in [-0.15, -0.1) is 0 Å². The third kappa shape index (κ3) is 13.0. The van der Waals surface area contributed by atoms with Gasteiger partial charge in [-0.3, -0.25) is 14.2 Å². The van der Waals surface area contributed by atoms with Gasteiger partial charge in [0.05, 0.1) is 67.5 Å². The van der Waals surface area contributed by atoms with Crippen molar-refractivity contribution in [2.75, 3.05) is 39.6 Å². The van der Waals surface area contributed by atoms with Crippen LogP contribution in [0.3, 0.4) is 0 Å². The first-order valence-electron chi connectivity index (χ1n) is 25.2. The van der Waals surface area contributed by atoms with Crippen LogP contribution in [0.15, 0.2) is 61.2 Å². The van der Waals surface area contributed by atoms with E-state index in [1.807, 2.05) is 32.3 Å². The second kappa shape index (κ2) is 22.9. The van der Waals surface area contributed by atoms with Crippen LogP contribution in [0.25, 0.3) is 66.9 Å². The average molecular weight is 1070 g/mol. The van der Waals surface area contributed by atoms with Crippen molar-refractivity contribution in [1.82, 2.24) is 53.9 Å². The van der Waals surface area contributed by atoms with Gasteiger partial charge in [-0.05, 0) is 68.4 Å². The number of rotatable bonds is 17. The Morgan fingerprint density at radius 2 is 1.13 bits per heavy atom. The zero-order valence-electron chi connectivity index (χ0n) is 44.4. The van der Waals surface area contributed by atoms with Crippen molar-refractivity contribution in [3.63, 3.8) is 0 Å². The Balaban J connectivity index is 0.000000187. The second-order valence-corrected chi connectivity index (χ2v) is 33.3. The van der Waals surface area contributed by atoms with Gasteiger partial charge in [-0.2, -0.15) is 10.2 Å². The van der Waals surface area contributed by atoms with E-state index < -0.39 is 22.1 Å². The molecule has 10 rings (SSSR count). The highest BCUT2D eigenvalue weighted by Gasteiger charge is 2.29. The number of aromatic nitrogens is 10. The summed E-state index contributed by atoms with van der Waals surface area (Å²) in [5.74, 6) is -2.01. The Hall–Kier alpha value is -6.35. The zero-order chi connectivity index (χ0) is 53.9. The lowest BCUT2D eigenvalue weighted by Gasteiger charge is -2.26. The number of carboxylic acid groups (broad SMARTS) is 1. The summed E-state index contributed by atoms with van der Waals surface area (Å²) in [5, 5.41) is 23.7. The zero-order valence-corrected chi connectivity index (χ0v) is 46.4. The largest absolute Gasteiger partial charge is 0.478 e. The minimum Gasteiger partial charge on any atom is -0.478 e. The number of benzene rings is 2. The molecule has 23 heteroatoms. The van der Waals surface area contributed by atoms with E-state index in [0.717, 1.165) is 17.5 Å². The van der Waals surface area contributed by atoms with E-state index in [9.17, 15) is 23.5 Å². The average Bonchev–Trinajstić information content (AvgIpc) is 4.05. The van der Waals surface area contributed by atoms with E-state index in [1.165, 1.54) is 30.5 Å². The van der Waals surface area contributed by atoms with Crippen molar-refractivity contribution in [2.24, 2.45) is 5.73 Å². The highest BCUT2D eigenvalue weighted by Crippen LogP contribution is 2.34. The highest BCUT2D eigenvalue weighted by molar-refractivity contribution is 6.76. The monoisotopic (exact) mass is 1070 g/mol. The van der Waals surface area contributed by atoms with Crippen molar-refractivity contribution in [3.05, 3.63) is 83.9 Å². The number of aromatic carboxylic acids is 1. The van der Waals surface area contributed by atoms with E-state index in [0.29, 0.717) is 107 Å².